The van der Waals surface area contributed by atoms with E-state index in [9.17, 15) is 0 Å². The van der Waals surface area contributed by atoms with Crippen molar-refractivity contribution >= 4 is 158 Å². The van der Waals surface area contributed by atoms with Crippen molar-refractivity contribution in [2.24, 2.45) is 0 Å². The van der Waals surface area contributed by atoms with Gasteiger partial charge >= 0.3 is 0 Å². The minimum Gasteiger partial charge on any atom is -0.455 e. The predicted molar refractivity (Wildman–Crippen MR) is 585 cm³/mol. The number of rotatable bonds is 11. The zero-order valence-electron chi connectivity index (χ0n) is 83.6. The van der Waals surface area contributed by atoms with E-state index in [-0.39, 0.29) is 56.7 Å². The van der Waals surface area contributed by atoms with Crippen molar-refractivity contribution in [1.82, 2.24) is 0 Å². The summed E-state index contributed by atoms with van der Waals surface area (Å²) in [5, 5.41) is 4.48. The summed E-state index contributed by atoms with van der Waals surface area (Å²) in [6.45, 7) is 54.2. The molecule has 0 radical (unpaired) electrons. The van der Waals surface area contributed by atoms with Gasteiger partial charge in [0.2, 0.25) is 0 Å². The van der Waals surface area contributed by atoms with Crippen LogP contribution in [0.2, 0.25) is 0 Å². The Bertz CT molecular complexity index is 7890. The average Bonchev–Trinajstić information content (AvgIpc) is 1.18. The molecule has 0 unspecified atom stereocenters. The van der Waals surface area contributed by atoms with Crippen molar-refractivity contribution in [3.05, 3.63) is 372 Å². The van der Waals surface area contributed by atoms with Crippen LogP contribution in [0.1, 0.15) is 209 Å². The third-order valence-corrected chi connectivity index (χ3v) is 30.1. The lowest BCUT2D eigenvalue weighted by Crippen LogP contribution is -2.61. The number of para-hydroxylation sites is 3. The standard InChI is InChI=1S/C128H124B2N4O2/c1-121(2,3)83-51-61-106(98(67-83)79-34-26-24-27-35-79)134-110-72-87(125(13,14)15)50-60-102(110)130-103-69-84(122(4,5)6)52-63-107(103)131(111-73-89(126(16,17)18)76-114(134)117(111)130)91-55-45-82(46-56-91)94-40-33-42-97-100-66-78(44-65-116(100)136-120(94)97)77-128(22,23)88-54-62-105(99(68-88)80-36-28-25-29-37-80)133-108-64-53-85(123(7,8)9)70-104(108)129-101-59-49-86(124(10,11)12)71-109(101)132(112-74-90(127(19,20)21)75-113(133)118(112)129)92-57-47-81(48-58-92)93-39-32-41-96-95-38-30-31-43-115(95)135-119(93)96/h24-76H,77H2,1-23H3. The molecule has 0 saturated carbocycles. The number of hydrogen-bond donors (Lipinski definition) is 0. The number of benzene rings is 16. The molecule has 0 atom stereocenters. The lowest BCUT2D eigenvalue weighted by atomic mass is 9.33. The van der Waals surface area contributed by atoms with Gasteiger partial charge in [-0.15, -0.1) is 0 Å². The van der Waals surface area contributed by atoms with E-state index in [1.807, 2.05) is 0 Å². The molecule has 0 fully saturated rings. The second kappa shape index (κ2) is 31.3. The van der Waals surface area contributed by atoms with Gasteiger partial charge in [-0.25, -0.2) is 0 Å². The maximum Gasteiger partial charge on any atom is 0.252 e. The number of fused-ring (bicyclic) bond motifs is 14. The van der Waals surface area contributed by atoms with Crippen LogP contribution in [-0.2, 0) is 49.7 Å². The molecule has 0 aliphatic carbocycles. The van der Waals surface area contributed by atoms with Crippen LogP contribution in [0.4, 0.5) is 68.2 Å². The molecule has 2 aromatic heterocycles. The molecular weight excluding hydrogens is 1650 g/mol. The second-order valence-electron chi connectivity index (χ2n) is 47.2. The highest BCUT2D eigenvalue weighted by Gasteiger charge is 2.49. The Kier molecular flexibility index (Phi) is 20.2. The molecule has 4 aliphatic heterocycles. The van der Waals surface area contributed by atoms with E-state index in [1.54, 1.807) is 0 Å². The van der Waals surface area contributed by atoms with Gasteiger partial charge in [-0.2, -0.15) is 0 Å². The summed E-state index contributed by atoms with van der Waals surface area (Å²) in [6.07, 6.45) is 0.791. The summed E-state index contributed by atoms with van der Waals surface area (Å²) in [6, 6.07) is 124. The van der Waals surface area contributed by atoms with Crippen LogP contribution in [0.5, 0.6) is 0 Å². The van der Waals surface area contributed by atoms with Gasteiger partial charge in [0.15, 0.2) is 0 Å². The van der Waals surface area contributed by atoms with Gasteiger partial charge in [-0.3, -0.25) is 0 Å². The molecular formula is C128H124B2N4O2. The molecule has 22 rings (SSSR count). The number of anilines is 12. The van der Waals surface area contributed by atoms with Crippen molar-refractivity contribution < 1.29 is 8.83 Å². The van der Waals surface area contributed by atoms with Crippen LogP contribution >= 0.6 is 0 Å². The maximum atomic E-state index is 7.17. The molecule has 0 spiro atoms. The van der Waals surface area contributed by atoms with Gasteiger partial charge in [0, 0.05) is 101 Å². The average molecular weight is 1770 g/mol. The molecule has 4 aliphatic rings. The Morgan fingerprint density at radius 1 is 0.213 bits per heavy atom. The largest absolute Gasteiger partial charge is 0.455 e. The monoisotopic (exact) mass is 1770 g/mol. The van der Waals surface area contributed by atoms with Gasteiger partial charge in [-0.1, -0.05) is 366 Å². The number of furan rings is 2. The minimum atomic E-state index is -0.327. The van der Waals surface area contributed by atoms with E-state index in [2.05, 4.69) is 500 Å². The number of nitrogens with zero attached hydrogens (tertiary/aromatic N) is 4. The zero-order chi connectivity index (χ0) is 94.9. The van der Waals surface area contributed by atoms with Gasteiger partial charge in [0.05, 0.1) is 11.4 Å². The van der Waals surface area contributed by atoms with E-state index in [1.165, 1.54) is 156 Å². The quantitative estimate of drug-likeness (QED) is 0.120. The summed E-state index contributed by atoms with van der Waals surface area (Å²) in [7, 11) is 0. The Balaban J connectivity index is 0.640. The molecule has 0 amide bonds. The summed E-state index contributed by atoms with van der Waals surface area (Å²) >= 11 is 0. The van der Waals surface area contributed by atoms with Gasteiger partial charge < -0.3 is 28.4 Å². The smallest absolute Gasteiger partial charge is 0.252 e. The van der Waals surface area contributed by atoms with E-state index in [0.29, 0.717) is 0 Å². The Labute approximate surface area is 806 Å². The molecule has 6 nitrogen and oxygen atoms in total. The third kappa shape index (κ3) is 14.7. The Morgan fingerprint density at radius 2 is 0.544 bits per heavy atom. The summed E-state index contributed by atoms with van der Waals surface area (Å²) < 4.78 is 13.9. The van der Waals surface area contributed by atoms with Crippen LogP contribution in [0, 0.1) is 0 Å². The van der Waals surface area contributed by atoms with Crippen LogP contribution in [-0.4, -0.2) is 13.4 Å². The fourth-order valence-corrected chi connectivity index (χ4v) is 22.2. The first-order chi connectivity index (χ1) is 64.6. The zero-order valence-corrected chi connectivity index (χ0v) is 83.6. The normalized spacial score (nSPS) is 13.9. The lowest BCUT2D eigenvalue weighted by Gasteiger charge is -2.46. The lowest BCUT2D eigenvalue weighted by molar-refractivity contribution is 0.523. The molecule has 0 bridgehead atoms. The first-order valence-corrected chi connectivity index (χ1v) is 49.2. The van der Waals surface area contributed by atoms with E-state index < -0.39 is 0 Å². The molecule has 16 aromatic carbocycles. The molecule has 674 valence electrons. The van der Waals surface area contributed by atoms with Crippen LogP contribution in [0.3, 0.4) is 0 Å². The molecule has 0 saturated heterocycles. The molecule has 0 N–H and O–H groups in total. The highest BCUT2D eigenvalue weighted by atomic mass is 16.3. The predicted octanol–water partition coefficient (Wildman–Crippen LogP) is 31.9. The van der Waals surface area contributed by atoms with Crippen LogP contribution < -0.4 is 52.4 Å². The van der Waals surface area contributed by atoms with Gasteiger partial charge in [-0.05, 0) is 270 Å². The van der Waals surface area contributed by atoms with Gasteiger partial charge in [0.25, 0.3) is 13.4 Å². The van der Waals surface area contributed by atoms with Gasteiger partial charge in [0.1, 0.15) is 22.3 Å². The van der Waals surface area contributed by atoms with E-state index in [0.717, 1.165) is 89.6 Å². The highest BCUT2D eigenvalue weighted by molar-refractivity contribution is 7.01. The Hall–Kier alpha value is -13.6. The van der Waals surface area contributed by atoms with Crippen LogP contribution in [0.25, 0.3) is 88.4 Å². The first kappa shape index (κ1) is 87.8. The van der Waals surface area contributed by atoms with Crippen molar-refractivity contribution in [3.63, 3.8) is 0 Å². The van der Waals surface area contributed by atoms with Crippen molar-refractivity contribution in [3.8, 4) is 44.5 Å². The fourth-order valence-electron chi connectivity index (χ4n) is 22.2. The minimum absolute atomic E-state index is 0.0554. The molecule has 136 heavy (non-hydrogen) atoms. The molecule has 6 heterocycles. The molecule has 8 heteroatoms. The highest BCUT2D eigenvalue weighted by Crippen LogP contribution is 2.55. The van der Waals surface area contributed by atoms with Crippen molar-refractivity contribution in [2.45, 2.75) is 209 Å². The molecule has 18 aromatic rings. The SMILES string of the molecule is CC(C)(C)c1ccc2c(c1)B1c3ccc(C(C)(C)C)cc3N(c3ccc(C(C)(C)C)cc3-c3ccccc3)c3cc(C(C)(C)C)cc(c31)N2c1ccc(-c2cccc3c2oc2ccc(CC(C)(C)c4ccc(N5c6ccc(C(C)(C)C)cc6B6c7ccc(C(C)(C)C)cc7N(c7ccc(-c8cccc9c8oc8ccccc89)cc7)c7cc(C(C)(C)C)cc5c76)c(-c5ccccc5)c4)cc23)cc1. The Morgan fingerprint density at radius 3 is 1.00 bits per heavy atom. The van der Waals surface area contributed by atoms with E-state index in [4.69, 9.17) is 8.83 Å². The van der Waals surface area contributed by atoms with Crippen molar-refractivity contribution in [2.75, 3.05) is 19.6 Å². The third-order valence-electron chi connectivity index (χ3n) is 30.1. The topological polar surface area (TPSA) is 39.2 Å². The second-order valence-corrected chi connectivity index (χ2v) is 47.2. The van der Waals surface area contributed by atoms with Crippen LogP contribution in [0.15, 0.2) is 330 Å². The first-order valence-electron chi connectivity index (χ1n) is 49.2. The maximum absolute atomic E-state index is 7.17. The van der Waals surface area contributed by atoms with Crippen molar-refractivity contribution in [1.29, 1.82) is 0 Å². The number of hydrogen-bond acceptors (Lipinski definition) is 6. The fraction of sp³-hybridized carbons (Fsp3) is 0.250. The summed E-state index contributed by atoms with van der Waals surface area (Å²) in [5.74, 6) is 0. The summed E-state index contributed by atoms with van der Waals surface area (Å²) in [5.41, 5.74) is 45.1. The summed E-state index contributed by atoms with van der Waals surface area (Å²) in [4.78, 5) is 10.5. The van der Waals surface area contributed by atoms with E-state index >= 15 is 0 Å².